The summed E-state index contributed by atoms with van der Waals surface area (Å²) in [6.45, 7) is 3.54. The first kappa shape index (κ1) is 10.6. The Bertz CT molecular complexity index is 350. The van der Waals surface area contributed by atoms with E-state index in [-0.39, 0.29) is 11.7 Å². The van der Waals surface area contributed by atoms with Crippen molar-refractivity contribution in [2.45, 2.75) is 26.3 Å². The molecule has 0 aliphatic heterocycles. The lowest BCUT2D eigenvalue weighted by atomic mass is 10.1. The van der Waals surface area contributed by atoms with Crippen molar-refractivity contribution >= 4 is 5.69 Å². The zero-order chi connectivity index (χ0) is 10.7. The number of rotatable bonds is 3. The summed E-state index contributed by atoms with van der Waals surface area (Å²) >= 11 is 0. The summed E-state index contributed by atoms with van der Waals surface area (Å²) in [5, 5.41) is 10.6. The van der Waals surface area contributed by atoms with Crippen LogP contribution in [0, 0.1) is 17.0 Å². The Morgan fingerprint density at radius 1 is 1.71 bits per heavy atom. The molecule has 0 saturated carbocycles. The predicted molar refractivity (Wildman–Crippen MR) is 53.0 cm³/mol. The molecule has 1 unspecified atom stereocenters. The molecule has 0 aromatic carbocycles. The number of nitrogens with zero attached hydrogens (tertiary/aromatic N) is 2. The summed E-state index contributed by atoms with van der Waals surface area (Å²) in [6.07, 6.45) is 2.01. The average molecular weight is 195 g/mol. The van der Waals surface area contributed by atoms with E-state index >= 15 is 0 Å². The van der Waals surface area contributed by atoms with Crippen LogP contribution in [0.3, 0.4) is 0 Å². The van der Waals surface area contributed by atoms with Gasteiger partial charge >= 0.3 is 0 Å². The van der Waals surface area contributed by atoms with Gasteiger partial charge in [0.2, 0.25) is 0 Å². The first-order chi connectivity index (χ1) is 6.52. The lowest BCUT2D eigenvalue weighted by Crippen LogP contribution is -2.19. The van der Waals surface area contributed by atoms with Gasteiger partial charge in [0.25, 0.3) is 5.69 Å². The highest BCUT2D eigenvalue weighted by molar-refractivity contribution is 5.40. The molecule has 0 aliphatic carbocycles. The number of aromatic nitrogens is 1. The highest BCUT2D eigenvalue weighted by atomic mass is 16.6. The Morgan fingerprint density at radius 2 is 2.36 bits per heavy atom. The third-order valence-corrected chi connectivity index (χ3v) is 1.99. The van der Waals surface area contributed by atoms with E-state index in [4.69, 9.17) is 5.73 Å². The minimum Gasteiger partial charge on any atom is -0.328 e. The molecule has 1 atom stereocenters. The fourth-order valence-corrected chi connectivity index (χ4v) is 1.28. The molecule has 0 saturated heterocycles. The van der Waals surface area contributed by atoms with Crippen LogP contribution < -0.4 is 5.73 Å². The molecule has 1 rings (SSSR count). The molecule has 76 valence electrons. The molecule has 0 amide bonds. The van der Waals surface area contributed by atoms with Crippen molar-refractivity contribution in [3.63, 3.8) is 0 Å². The van der Waals surface area contributed by atoms with Crippen molar-refractivity contribution in [2.24, 2.45) is 5.73 Å². The zero-order valence-electron chi connectivity index (χ0n) is 8.23. The second-order valence-electron chi connectivity index (χ2n) is 3.34. The van der Waals surface area contributed by atoms with Gasteiger partial charge < -0.3 is 5.73 Å². The van der Waals surface area contributed by atoms with E-state index in [9.17, 15) is 10.1 Å². The summed E-state index contributed by atoms with van der Waals surface area (Å²) in [6, 6.07) is 1.36. The second-order valence-corrected chi connectivity index (χ2v) is 3.34. The van der Waals surface area contributed by atoms with Gasteiger partial charge in [-0.1, -0.05) is 0 Å². The molecule has 14 heavy (non-hydrogen) atoms. The fraction of sp³-hybridized carbons (Fsp3) is 0.444. The standard InChI is InChI=1S/C9H13N3O2/c1-6(10)5-8-7(2)9(12(13)14)3-4-11-8/h3-4,6H,5,10H2,1-2H3. The Labute approximate surface area is 82.1 Å². The van der Waals surface area contributed by atoms with E-state index in [2.05, 4.69) is 4.98 Å². The van der Waals surface area contributed by atoms with Crippen molar-refractivity contribution < 1.29 is 4.92 Å². The molecular weight excluding hydrogens is 182 g/mol. The van der Waals surface area contributed by atoms with E-state index in [1.807, 2.05) is 6.92 Å². The minimum atomic E-state index is -0.401. The van der Waals surface area contributed by atoms with Crippen LogP contribution in [-0.2, 0) is 6.42 Å². The molecule has 1 aromatic heterocycles. The van der Waals surface area contributed by atoms with Gasteiger partial charge in [0.1, 0.15) is 0 Å². The monoisotopic (exact) mass is 195 g/mol. The molecule has 5 nitrogen and oxygen atoms in total. The molecular formula is C9H13N3O2. The van der Waals surface area contributed by atoms with Gasteiger partial charge in [0.15, 0.2) is 0 Å². The Balaban J connectivity index is 3.07. The SMILES string of the molecule is Cc1c([N+](=O)[O-])ccnc1CC(C)N. The third-order valence-electron chi connectivity index (χ3n) is 1.99. The predicted octanol–water partition coefficient (Wildman–Crippen LogP) is 1.19. The normalized spacial score (nSPS) is 12.5. The molecule has 0 spiro atoms. The maximum absolute atomic E-state index is 10.6. The van der Waals surface area contributed by atoms with Crippen LogP contribution in [-0.4, -0.2) is 15.9 Å². The van der Waals surface area contributed by atoms with E-state index in [1.165, 1.54) is 12.3 Å². The molecule has 0 bridgehead atoms. The van der Waals surface area contributed by atoms with Crippen molar-refractivity contribution in [2.75, 3.05) is 0 Å². The lowest BCUT2D eigenvalue weighted by Gasteiger charge is -2.07. The Kier molecular flexibility index (Phi) is 3.14. The molecule has 5 heteroatoms. The molecule has 1 heterocycles. The van der Waals surface area contributed by atoms with Gasteiger partial charge in [-0.05, 0) is 13.8 Å². The topological polar surface area (TPSA) is 82.0 Å². The summed E-state index contributed by atoms with van der Waals surface area (Å²) in [7, 11) is 0. The van der Waals surface area contributed by atoms with Crippen molar-refractivity contribution in [3.8, 4) is 0 Å². The van der Waals surface area contributed by atoms with Crippen LogP contribution in [0.25, 0.3) is 0 Å². The maximum Gasteiger partial charge on any atom is 0.275 e. The highest BCUT2D eigenvalue weighted by Crippen LogP contribution is 2.19. The van der Waals surface area contributed by atoms with Gasteiger partial charge in [0, 0.05) is 30.3 Å². The smallest absolute Gasteiger partial charge is 0.275 e. The zero-order valence-corrected chi connectivity index (χ0v) is 8.23. The fourth-order valence-electron chi connectivity index (χ4n) is 1.28. The van der Waals surface area contributed by atoms with E-state index in [1.54, 1.807) is 6.92 Å². The van der Waals surface area contributed by atoms with Crippen LogP contribution in [0.1, 0.15) is 18.2 Å². The van der Waals surface area contributed by atoms with E-state index in [0.717, 1.165) is 0 Å². The van der Waals surface area contributed by atoms with E-state index in [0.29, 0.717) is 17.7 Å². The first-order valence-corrected chi connectivity index (χ1v) is 4.37. The average Bonchev–Trinajstić information content (AvgIpc) is 2.07. The summed E-state index contributed by atoms with van der Waals surface area (Å²) in [5.41, 5.74) is 7.03. The van der Waals surface area contributed by atoms with Crippen LogP contribution in [0.5, 0.6) is 0 Å². The van der Waals surface area contributed by atoms with Gasteiger partial charge in [-0.2, -0.15) is 0 Å². The van der Waals surface area contributed by atoms with Gasteiger partial charge in [0.05, 0.1) is 10.6 Å². The highest BCUT2D eigenvalue weighted by Gasteiger charge is 2.14. The van der Waals surface area contributed by atoms with Crippen LogP contribution in [0.2, 0.25) is 0 Å². The van der Waals surface area contributed by atoms with Gasteiger partial charge in [-0.15, -0.1) is 0 Å². The first-order valence-electron chi connectivity index (χ1n) is 4.37. The number of pyridine rings is 1. The summed E-state index contributed by atoms with van der Waals surface area (Å²) in [5.74, 6) is 0. The largest absolute Gasteiger partial charge is 0.328 e. The van der Waals surface area contributed by atoms with Crippen molar-refractivity contribution in [1.82, 2.24) is 4.98 Å². The van der Waals surface area contributed by atoms with Crippen molar-refractivity contribution in [3.05, 3.63) is 33.6 Å². The second kappa shape index (κ2) is 4.15. The summed E-state index contributed by atoms with van der Waals surface area (Å²) in [4.78, 5) is 14.3. The molecule has 0 fully saturated rings. The van der Waals surface area contributed by atoms with Gasteiger partial charge in [-0.3, -0.25) is 15.1 Å². The van der Waals surface area contributed by atoms with E-state index < -0.39 is 4.92 Å². The van der Waals surface area contributed by atoms with Gasteiger partial charge in [-0.25, -0.2) is 0 Å². The molecule has 0 aliphatic rings. The molecule has 0 radical (unpaired) electrons. The van der Waals surface area contributed by atoms with Crippen LogP contribution >= 0.6 is 0 Å². The molecule has 2 N–H and O–H groups in total. The summed E-state index contributed by atoms with van der Waals surface area (Å²) < 4.78 is 0. The third kappa shape index (κ3) is 2.26. The minimum absolute atomic E-state index is 0.0387. The number of nitro groups is 1. The van der Waals surface area contributed by atoms with Crippen molar-refractivity contribution in [1.29, 1.82) is 0 Å². The van der Waals surface area contributed by atoms with Crippen LogP contribution in [0.4, 0.5) is 5.69 Å². The number of hydrogen-bond acceptors (Lipinski definition) is 4. The lowest BCUT2D eigenvalue weighted by molar-refractivity contribution is -0.385. The van der Waals surface area contributed by atoms with Crippen LogP contribution in [0.15, 0.2) is 12.3 Å². The Morgan fingerprint density at radius 3 is 2.86 bits per heavy atom. The maximum atomic E-state index is 10.6. The molecule has 1 aromatic rings. The number of nitrogens with two attached hydrogens (primary N) is 1. The Hall–Kier alpha value is -1.49. The quantitative estimate of drug-likeness (QED) is 0.580. The number of hydrogen-bond donors (Lipinski definition) is 1.